The molecule has 5 heteroatoms. The second kappa shape index (κ2) is 7.12. The molecule has 2 aliphatic carbocycles. The van der Waals surface area contributed by atoms with E-state index in [1.54, 1.807) is 0 Å². The van der Waals surface area contributed by atoms with E-state index in [-0.39, 0.29) is 0 Å². The third kappa shape index (κ3) is 2.90. The Balaban J connectivity index is 1.32. The van der Waals surface area contributed by atoms with E-state index in [2.05, 4.69) is 27.0 Å². The second-order valence-electron chi connectivity index (χ2n) is 7.87. The number of ether oxygens (including phenoxy) is 1. The summed E-state index contributed by atoms with van der Waals surface area (Å²) in [6.45, 7) is 5.10. The molecule has 1 spiro atoms. The van der Waals surface area contributed by atoms with Crippen LogP contribution in [0.1, 0.15) is 69.9 Å². The van der Waals surface area contributed by atoms with Crippen molar-refractivity contribution < 1.29 is 4.74 Å². The zero-order valence-corrected chi connectivity index (χ0v) is 15.1. The highest BCUT2D eigenvalue weighted by Gasteiger charge is 2.56. The summed E-state index contributed by atoms with van der Waals surface area (Å²) in [5.74, 6) is 2.38. The maximum absolute atomic E-state index is 6.02. The monoisotopic (exact) mass is 332 g/mol. The first-order chi connectivity index (χ1) is 11.8. The van der Waals surface area contributed by atoms with Crippen molar-refractivity contribution in [2.45, 2.75) is 89.8 Å². The van der Waals surface area contributed by atoms with Gasteiger partial charge in [-0.2, -0.15) is 0 Å². The van der Waals surface area contributed by atoms with Crippen LogP contribution in [0.5, 0.6) is 0 Å². The molecule has 3 aliphatic rings. The molecule has 2 saturated carbocycles. The van der Waals surface area contributed by atoms with Crippen molar-refractivity contribution in [3.63, 3.8) is 0 Å². The highest BCUT2D eigenvalue weighted by molar-refractivity contribution is 5.10. The largest absolute Gasteiger partial charge is 0.378 e. The summed E-state index contributed by atoms with van der Waals surface area (Å²) >= 11 is 0. The van der Waals surface area contributed by atoms with Crippen LogP contribution < -0.4 is 5.32 Å². The van der Waals surface area contributed by atoms with Crippen LogP contribution in [0.25, 0.3) is 0 Å². The van der Waals surface area contributed by atoms with Crippen molar-refractivity contribution in [2.24, 2.45) is 5.41 Å². The summed E-state index contributed by atoms with van der Waals surface area (Å²) in [7, 11) is 0. The van der Waals surface area contributed by atoms with Crippen LogP contribution >= 0.6 is 0 Å². The molecule has 0 unspecified atom stereocenters. The van der Waals surface area contributed by atoms with Crippen LogP contribution in [-0.2, 0) is 24.1 Å². The molecule has 2 heterocycles. The van der Waals surface area contributed by atoms with Crippen molar-refractivity contribution >= 4 is 0 Å². The lowest BCUT2D eigenvalue weighted by Gasteiger charge is -2.54. The molecule has 0 amide bonds. The predicted molar refractivity (Wildman–Crippen MR) is 94.0 cm³/mol. The van der Waals surface area contributed by atoms with Crippen molar-refractivity contribution in [1.29, 1.82) is 0 Å². The molecular weight excluding hydrogens is 300 g/mol. The normalized spacial score (nSPS) is 28.5. The van der Waals surface area contributed by atoms with E-state index >= 15 is 0 Å². The minimum atomic E-state index is 0.428. The van der Waals surface area contributed by atoms with E-state index in [1.807, 2.05) is 0 Å². The van der Waals surface area contributed by atoms with E-state index in [0.29, 0.717) is 17.6 Å². The van der Waals surface area contributed by atoms with Crippen molar-refractivity contribution in [1.82, 2.24) is 20.1 Å². The Hall–Kier alpha value is -0.940. The predicted octanol–water partition coefficient (Wildman–Crippen LogP) is 2.87. The van der Waals surface area contributed by atoms with Crippen LogP contribution in [0.2, 0.25) is 0 Å². The van der Waals surface area contributed by atoms with Gasteiger partial charge in [0.15, 0.2) is 0 Å². The second-order valence-corrected chi connectivity index (χ2v) is 7.87. The SMILES string of the molecule is CCO[C@H]1C[C@@H](NCCc2nnc3n2CCCCC3)C12CCCC2. The average Bonchev–Trinajstić information content (AvgIpc) is 3.18. The van der Waals surface area contributed by atoms with Gasteiger partial charge in [-0.05, 0) is 39.0 Å². The Morgan fingerprint density at radius 1 is 1.17 bits per heavy atom. The molecule has 5 nitrogen and oxygen atoms in total. The van der Waals surface area contributed by atoms with Crippen LogP contribution in [0.3, 0.4) is 0 Å². The molecule has 0 aromatic carbocycles. The van der Waals surface area contributed by atoms with E-state index in [0.717, 1.165) is 32.5 Å². The number of hydrogen-bond donors (Lipinski definition) is 1. The van der Waals surface area contributed by atoms with E-state index in [4.69, 9.17) is 4.74 Å². The summed E-state index contributed by atoms with van der Waals surface area (Å²) in [6, 6.07) is 0.642. The Kier molecular flexibility index (Phi) is 4.90. The summed E-state index contributed by atoms with van der Waals surface area (Å²) < 4.78 is 8.40. The molecule has 134 valence electrons. The molecule has 4 rings (SSSR count). The number of nitrogens with one attached hydrogen (secondary N) is 1. The van der Waals surface area contributed by atoms with Gasteiger partial charge in [0.05, 0.1) is 6.10 Å². The van der Waals surface area contributed by atoms with E-state index in [9.17, 15) is 0 Å². The highest BCUT2D eigenvalue weighted by atomic mass is 16.5. The third-order valence-corrected chi connectivity index (χ3v) is 6.61. The first-order valence-corrected chi connectivity index (χ1v) is 10.1. The molecule has 0 saturated heterocycles. The summed E-state index contributed by atoms with van der Waals surface area (Å²) in [5, 5.41) is 12.7. The summed E-state index contributed by atoms with van der Waals surface area (Å²) in [5.41, 5.74) is 0.428. The summed E-state index contributed by atoms with van der Waals surface area (Å²) in [4.78, 5) is 0. The molecule has 1 aromatic rings. The van der Waals surface area contributed by atoms with Crippen LogP contribution in [-0.4, -0.2) is 40.1 Å². The molecule has 0 bridgehead atoms. The lowest BCUT2D eigenvalue weighted by Crippen LogP contribution is -2.62. The topological polar surface area (TPSA) is 52.0 Å². The quantitative estimate of drug-likeness (QED) is 0.870. The molecule has 2 fully saturated rings. The fourth-order valence-electron chi connectivity index (χ4n) is 5.26. The summed E-state index contributed by atoms with van der Waals surface area (Å²) in [6.07, 6.45) is 13.1. The highest BCUT2D eigenvalue weighted by Crippen LogP contribution is 2.54. The molecule has 1 aromatic heterocycles. The van der Waals surface area contributed by atoms with Gasteiger partial charge in [0, 0.05) is 44.0 Å². The van der Waals surface area contributed by atoms with Gasteiger partial charge in [-0.15, -0.1) is 10.2 Å². The van der Waals surface area contributed by atoms with Gasteiger partial charge in [0.1, 0.15) is 11.6 Å². The molecular formula is C19H32N4O. The zero-order chi connectivity index (χ0) is 16.4. The van der Waals surface area contributed by atoms with Gasteiger partial charge in [-0.25, -0.2) is 0 Å². The maximum Gasteiger partial charge on any atom is 0.134 e. The maximum atomic E-state index is 6.02. The molecule has 0 radical (unpaired) electrons. The fraction of sp³-hybridized carbons (Fsp3) is 0.895. The van der Waals surface area contributed by atoms with Crippen LogP contribution in [0.4, 0.5) is 0 Å². The smallest absolute Gasteiger partial charge is 0.134 e. The molecule has 24 heavy (non-hydrogen) atoms. The fourth-order valence-corrected chi connectivity index (χ4v) is 5.26. The molecule has 1 aliphatic heterocycles. The number of fused-ring (bicyclic) bond motifs is 1. The lowest BCUT2D eigenvalue weighted by molar-refractivity contribution is -0.130. The number of hydrogen-bond acceptors (Lipinski definition) is 4. The molecule has 1 N–H and O–H groups in total. The zero-order valence-electron chi connectivity index (χ0n) is 15.1. The van der Waals surface area contributed by atoms with Crippen LogP contribution in [0, 0.1) is 5.41 Å². The number of aromatic nitrogens is 3. The Labute approximate surface area is 145 Å². The minimum absolute atomic E-state index is 0.428. The Bertz CT molecular complexity index is 550. The first kappa shape index (κ1) is 16.5. The standard InChI is InChI=1S/C19H32N4O/c1-2-24-16-14-15(19(16)10-5-6-11-19)20-12-9-18-22-21-17-8-4-3-7-13-23(17)18/h15-16,20H,2-14H2,1H3/t15-,16+/m1/s1. The first-order valence-electron chi connectivity index (χ1n) is 10.1. The Morgan fingerprint density at radius 3 is 2.88 bits per heavy atom. The van der Waals surface area contributed by atoms with Gasteiger partial charge >= 0.3 is 0 Å². The van der Waals surface area contributed by atoms with Gasteiger partial charge in [-0.1, -0.05) is 19.3 Å². The Morgan fingerprint density at radius 2 is 2.04 bits per heavy atom. The average molecular weight is 332 g/mol. The van der Waals surface area contributed by atoms with Gasteiger partial charge < -0.3 is 14.6 Å². The minimum Gasteiger partial charge on any atom is -0.378 e. The third-order valence-electron chi connectivity index (χ3n) is 6.61. The van der Waals surface area contributed by atoms with Crippen molar-refractivity contribution in [3.05, 3.63) is 11.6 Å². The van der Waals surface area contributed by atoms with Crippen molar-refractivity contribution in [2.75, 3.05) is 13.2 Å². The number of rotatable bonds is 6. The van der Waals surface area contributed by atoms with E-state index in [1.165, 1.54) is 63.0 Å². The van der Waals surface area contributed by atoms with Gasteiger partial charge in [0.25, 0.3) is 0 Å². The van der Waals surface area contributed by atoms with E-state index < -0.39 is 0 Å². The van der Waals surface area contributed by atoms with Gasteiger partial charge in [0.2, 0.25) is 0 Å². The molecule has 2 atom stereocenters. The van der Waals surface area contributed by atoms with Gasteiger partial charge in [-0.3, -0.25) is 0 Å². The number of nitrogens with zero attached hydrogens (tertiary/aromatic N) is 3. The van der Waals surface area contributed by atoms with Crippen LogP contribution in [0.15, 0.2) is 0 Å². The number of aryl methyl sites for hydroxylation is 1. The van der Waals surface area contributed by atoms with Crippen molar-refractivity contribution in [3.8, 4) is 0 Å². The lowest BCUT2D eigenvalue weighted by atomic mass is 9.60.